The molecule has 0 aromatic carbocycles. The molecule has 112 valence electrons. The van der Waals surface area contributed by atoms with Crippen LogP contribution in [0.25, 0.3) is 0 Å². The largest absolute Gasteiger partial charge is 0.401 e. The molecule has 2 heterocycles. The van der Waals surface area contributed by atoms with E-state index in [0.717, 1.165) is 5.82 Å². The Morgan fingerprint density at radius 2 is 1.95 bits per heavy atom. The van der Waals surface area contributed by atoms with Gasteiger partial charge in [-0.15, -0.1) is 0 Å². The van der Waals surface area contributed by atoms with Crippen LogP contribution >= 0.6 is 0 Å². The zero-order valence-corrected chi connectivity index (χ0v) is 11.2. The highest BCUT2D eigenvalue weighted by molar-refractivity contribution is 5.76. The molecule has 2 rings (SSSR count). The van der Waals surface area contributed by atoms with Crippen LogP contribution in [0.5, 0.6) is 0 Å². The molecule has 5 nitrogen and oxygen atoms in total. The summed E-state index contributed by atoms with van der Waals surface area (Å²) in [4.78, 5) is 19.0. The first-order valence-corrected chi connectivity index (χ1v) is 6.40. The first kappa shape index (κ1) is 14.8. The molecule has 0 atom stereocenters. The minimum atomic E-state index is -4.18. The lowest BCUT2D eigenvalue weighted by molar-refractivity contribution is -0.151. The predicted molar refractivity (Wildman–Crippen MR) is 66.0 cm³/mol. The van der Waals surface area contributed by atoms with E-state index in [-0.39, 0.29) is 25.5 Å². The molecule has 8 heteroatoms. The number of aryl methyl sites for hydroxylation is 1. The summed E-state index contributed by atoms with van der Waals surface area (Å²) in [6, 6.07) is 0. The van der Waals surface area contributed by atoms with Crippen LogP contribution in [0.4, 0.5) is 13.2 Å². The predicted octanol–water partition coefficient (Wildman–Crippen LogP) is 0.898. The summed E-state index contributed by atoms with van der Waals surface area (Å²) in [6.07, 6.45) is -0.850. The Morgan fingerprint density at radius 3 is 2.45 bits per heavy atom. The molecule has 1 fully saturated rings. The first-order chi connectivity index (χ1) is 9.35. The Balaban J connectivity index is 1.82. The lowest BCUT2D eigenvalue weighted by Crippen LogP contribution is -2.51. The maximum absolute atomic E-state index is 12.3. The van der Waals surface area contributed by atoms with Crippen molar-refractivity contribution < 1.29 is 18.0 Å². The number of piperazine rings is 1. The van der Waals surface area contributed by atoms with E-state index in [9.17, 15) is 18.0 Å². The minimum absolute atomic E-state index is 0.0854. The highest BCUT2D eigenvalue weighted by atomic mass is 19.4. The van der Waals surface area contributed by atoms with Crippen molar-refractivity contribution in [3.05, 3.63) is 18.2 Å². The normalized spacial score (nSPS) is 17.5. The monoisotopic (exact) mass is 290 g/mol. The van der Waals surface area contributed by atoms with Crippen molar-refractivity contribution in [3.8, 4) is 0 Å². The van der Waals surface area contributed by atoms with Crippen molar-refractivity contribution >= 4 is 5.91 Å². The second-order valence-electron chi connectivity index (χ2n) is 4.87. The fraction of sp³-hybridized carbons (Fsp3) is 0.667. The van der Waals surface area contributed by atoms with Crippen molar-refractivity contribution in [2.24, 2.45) is 0 Å². The molecule has 0 N–H and O–H groups in total. The Morgan fingerprint density at radius 1 is 1.30 bits per heavy atom. The summed E-state index contributed by atoms with van der Waals surface area (Å²) in [5, 5.41) is 0. The molecule has 0 spiro atoms. The van der Waals surface area contributed by atoms with Crippen LogP contribution in [0.1, 0.15) is 5.82 Å². The molecule has 1 aromatic heterocycles. The summed E-state index contributed by atoms with van der Waals surface area (Å²) in [5.41, 5.74) is 0. The molecule has 0 bridgehead atoms. The van der Waals surface area contributed by atoms with Gasteiger partial charge in [-0.25, -0.2) is 4.98 Å². The van der Waals surface area contributed by atoms with E-state index in [0.29, 0.717) is 13.1 Å². The first-order valence-electron chi connectivity index (χ1n) is 6.40. The smallest absolute Gasteiger partial charge is 0.339 e. The van der Waals surface area contributed by atoms with Crippen LogP contribution in [0, 0.1) is 6.92 Å². The van der Waals surface area contributed by atoms with Crippen LogP contribution in [-0.4, -0.2) is 64.2 Å². The zero-order valence-electron chi connectivity index (χ0n) is 11.2. The van der Waals surface area contributed by atoms with E-state index in [4.69, 9.17) is 0 Å². The molecule has 0 unspecified atom stereocenters. The fourth-order valence-corrected chi connectivity index (χ4v) is 2.23. The average Bonchev–Trinajstić information content (AvgIpc) is 2.74. The SMILES string of the molecule is Cc1nccn1CC(=O)N1CCN(CC(F)(F)F)CC1. The third-order valence-electron chi connectivity index (χ3n) is 3.36. The highest BCUT2D eigenvalue weighted by Gasteiger charge is 2.32. The summed E-state index contributed by atoms with van der Waals surface area (Å²) in [5.74, 6) is 0.659. The van der Waals surface area contributed by atoms with Crippen LogP contribution in [0.3, 0.4) is 0 Å². The van der Waals surface area contributed by atoms with Gasteiger partial charge in [-0.3, -0.25) is 9.69 Å². The van der Waals surface area contributed by atoms with E-state index >= 15 is 0 Å². The van der Waals surface area contributed by atoms with Crippen molar-refractivity contribution in [1.29, 1.82) is 0 Å². The summed E-state index contributed by atoms with van der Waals surface area (Å²) in [7, 11) is 0. The van der Waals surface area contributed by atoms with E-state index in [1.165, 1.54) is 4.90 Å². The number of amides is 1. The van der Waals surface area contributed by atoms with Gasteiger partial charge in [0, 0.05) is 38.6 Å². The third-order valence-corrected chi connectivity index (χ3v) is 3.36. The topological polar surface area (TPSA) is 41.4 Å². The van der Waals surface area contributed by atoms with E-state index in [1.807, 2.05) is 0 Å². The number of nitrogens with zero attached hydrogens (tertiary/aromatic N) is 4. The molecule has 1 aliphatic rings. The van der Waals surface area contributed by atoms with Crippen molar-refractivity contribution in [2.75, 3.05) is 32.7 Å². The van der Waals surface area contributed by atoms with Crippen LogP contribution < -0.4 is 0 Å². The number of carbonyl (C=O) groups is 1. The molecule has 1 amide bonds. The lowest BCUT2D eigenvalue weighted by Gasteiger charge is -2.35. The van der Waals surface area contributed by atoms with Gasteiger partial charge in [0.05, 0.1) is 6.54 Å². The van der Waals surface area contributed by atoms with Gasteiger partial charge in [-0.2, -0.15) is 13.2 Å². The number of hydrogen-bond donors (Lipinski definition) is 0. The number of aromatic nitrogens is 2. The van der Waals surface area contributed by atoms with E-state index in [2.05, 4.69) is 4.98 Å². The molecule has 0 aliphatic carbocycles. The van der Waals surface area contributed by atoms with Gasteiger partial charge in [-0.05, 0) is 6.92 Å². The molecule has 1 saturated heterocycles. The molecule has 20 heavy (non-hydrogen) atoms. The van der Waals surface area contributed by atoms with Crippen LogP contribution in [0.15, 0.2) is 12.4 Å². The van der Waals surface area contributed by atoms with Gasteiger partial charge in [0.15, 0.2) is 0 Å². The second-order valence-corrected chi connectivity index (χ2v) is 4.87. The number of imidazole rings is 1. The summed E-state index contributed by atoms with van der Waals surface area (Å²) < 4.78 is 38.5. The standard InChI is InChI=1S/C12H17F3N4O/c1-10-16-2-3-19(10)8-11(20)18-6-4-17(5-7-18)9-12(13,14)15/h2-3H,4-9H2,1H3. The maximum atomic E-state index is 12.3. The number of hydrogen-bond acceptors (Lipinski definition) is 3. The van der Waals surface area contributed by atoms with Crippen LogP contribution in [0.2, 0.25) is 0 Å². The number of alkyl halides is 3. The van der Waals surface area contributed by atoms with Gasteiger partial charge in [-0.1, -0.05) is 0 Å². The van der Waals surface area contributed by atoms with Crippen LogP contribution in [-0.2, 0) is 11.3 Å². The summed E-state index contributed by atoms with van der Waals surface area (Å²) in [6.45, 7) is 2.27. The quantitative estimate of drug-likeness (QED) is 0.830. The number of halogens is 3. The van der Waals surface area contributed by atoms with Crippen molar-refractivity contribution in [3.63, 3.8) is 0 Å². The van der Waals surface area contributed by atoms with Gasteiger partial charge < -0.3 is 9.47 Å². The average molecular weight is 290 g/mol. The third kappa shape index (κ3) is 3.96. The number of carbonyl (C=O) groups excluding carboxylic acids is 1. The molecule has 1 aliphatic heterocycles. The van der Waals surface area contributed by atoms with Gasteiger partial charge in [0.2, 0.25) is 5.91 Å². The second kappa shape index (κ2) is 5.82. The molecule has 0 radical (unpaired) electrons. The Hall–Kier alpha value is -1.57. The Kier molecular flexibility index (Phi) is 4.32. The van der Waals surface area contributed by atoms with Gasteiger partial charge >= 0.3 is 6.18 Å². The van der Waals surface area contributed by atoms with Gasteiger partial charge in [0.25, 0.3) is 0 Å². The summed E-state index contributed by atoms with van der Waals surface area (Å²) >= 11 is 0. The zero-order chi connectivity index (χ0) is 14.8. The lowest BCUT2D eigenvalue weighted by atomic mass is 10.3. The van der Waals surface area contributed by atoms with E-state index < -0.39 is 12.7 Å². The molecular weight excluding hydrogens is 273 g/mol. The number of rotatable bonds is 3. The van der Waals surface area contributed by atoms with Crippen molar-refractivity contribution in [2.45, 2.75) is 19.6 Å². The Bertz CT molecular complexity index is 464. The van der Waals surface area contributed by atoms with Gasteiger partial charge in [0.1, 0.15) is 12.4 Å². The van der Waals surface area contributed by atoms with E-state index in [1.54, 1.807) is 28.8 Å². The van der Waals surface area contributed by atoms with Crippen molar-refractivity contribution in [1.82, 2.24) is 19.4 Å². The highest BCUT2D eigenvalue weighted by Crippen LogP contribution is 2.17. The molecular formula is C12H17F3N4O. The fourth-order valence-electron chi connectivity index (χ4n) is 2.23. The maximum Gasteiger partial charge on any atom is 0.401 e. The Labute approximate surface area is 115 Å². The molecule has 1 aromatic rings. The molecule has 0 saturated carbocycles. The minimum Gasteiger partial charge on any atom is -0.339 e.